The Labute approximate surface area is 112 Å². The molecule has 0 amide bonds. The quantitative estimate of drug-likeness (QED) is 0.658. The summed E-state index contributed by atoms with van der Waals surface area (Å²) in [7, 11) is 0. The van der Waals surface area contributed by atoms with Gasteiger partial charge in [-0.25, -0.2) is 5.43 Å². The van der Waals surface area contributed by atoms with Crippen molar-refractivity contribution in [3.8, 4) is 0 Å². The first-order chi connectivity index (χ1) is 9.23. The van der Waals surface area contributed by atoms with Gasteiger partial charge in [0, 0.05) is 12.0 Å². The third kappa shape index (κ3) is 2.27. The van der Waals surface area contributed by atoms with Gasteiger partial charge >= 0.3 is 0 Å². The summed E-state index contributed by atoms with van der Waals surface area (Å²) >= 11 is 0. The van der Waals surface area contributed by atoms with Crippen LogP contribution in [-0.4, -0.2) is 12.2 Å². The molecular formula is C15H20N2O2. The molecule has 2 atom stereocenters. The molecule has 1 aliphatic heterocycles. The fourth-order valence-electron chi connectivity index (χ4n) is 2.89. The number of para-hydroxylation sites is 1. The molecular weight excluding hydrogens is 240 g/mol. The Morgan fingerprint density at radius 3 is 2.84 bits per heavy atom. The van der Waals surface area contributed by atoms with Gasteiger partial charge in [0.15, 0.2) is 0 Å². The molecule has 2 unspecified atom stereocenters. The molecule has 102 valence electrons. The summed E-state index contributed by atoms with van der Waals surface area (Å²) in [5, 5.41) is 1.09. The van der Waals surface area contributed by atoms with Crippen molar-refractivity contribution in [1.29, 1.82) is 0 Å². The number of hydrogen-bond donors (Lipinski definition) is 2. The molecule has 0 spiro atoms. The summed E-state index contributed by atoms with van der Waals surface area (Å²) in [5.41, 5.74) is 3.45. The van der Waals surface area contributed by atoms with E-state index < -0.39 is 0 Å². The third-order valence-corrected chi connectivity index (χ3v) is 4.01. The molecule has 1 aromatic heterocycles. The van der Waals surface area contributed by atoms with E-state index in [2.05, 4.69) is 12.3 Å². The molecule has 1 aliphatic rings. The number of nitrogens with two attached hydrogens (primary N) is 1. The van der Waals surface area contributed by atoms with Crippen molar-refractivity contribution in [1.82, 2.24) is 5.43 Å². The molecule has 2 aromatic rings. The highest BCUT2D eigenvalue weighted by molar-refractivity contribution is 5.77. The van der Waals surface area contributed by atoms with Crippen LogP contribution in [0.3, 0.4) is 0 Å². The van der Waals surface area contributed by atoms with Crippen LogP contribution in [-0.2, 0) is 4.74 Å². The zero-order valence-electron chi connectivity index (χ0n) is 11.2. The van der Waals surface area contributed by atoms with Gasteiger partial charge in [0.2, 0.25) is 0 Å². The van der Waals surface area contributed by atoms with Crippen LogP contribution < -0.4 is 11.3 Å². The van der Waals surface area contributed by atoms with Crippen LogP contribution in [0.5, 0.6) is 0 Å². The largest absolute Gasteiger partial charge is 0.459 e. The Kier molecular flexibility index (Phi) is 3.31. The summed E-state index contributed by atoms with van der Waals surface area (Å²) in [6, 6.07) is 9.91. The van der Waals surface area contributed by atoms with Crippen molar-refractivity contribution in [3.63, 3.8) is 0 Å². The van der Waals surface area contributed by atoms with Crippen molar-refractivity contribution in [2.45, 2.75) is 37.8 Å². The van der Waals surface area contributed by atoms with Gasteiger partial charge in [0.05, 0.1) is 5.60 Å². The lowest BCUT2D eigenvalue weighted by Gasteiger charge is -2.39. The van der Waals surface area contributed by atoms with E-state index in [1.807, 2.05) is 30.3 Å². The van der Waals surface area contributed by atoms with Crippen molar-refractivity contribution < 1.29 is 9.15 Å². The molecule has 1 saturated heterocycles. The zero-order chi connectivity index (χ0) is 13.3. The molecule has 19 heavy (non-hydrogen) atoms. The molecule has 1 fully saturated rings. The number of nitrogens with one attached hydrogen (secondary N) is 1. The monoisotopic (exact) mass is 260 g/mol. The maximum Gasteiger partial charge on any atom is 0.134 e. The standard InChI is InChI=1S/C15H20N2O2/c1-15(8-4-5-9-18-15)14(17-16)13-10-11-6-2-3-7-12(11)19-13/h2-3,6-7,10,14,17H,4-5,8-9,16H2,1H3. The molecule has 0 saturated carbocycles. The van der Waals surface area contributed by atoms with Gasteiger partial charge in [-0.05, 0) is 38.3 Å². The highest BCUT2D eigenvalue weighted by Crippen LogP contribution is 2.37. The molecule has 3 N–H and O–H groups in total. The van der Waals surface area contributed by atoms with E-state index in [-0.39, 0.29) is 11.6 Å². The number of hydrazine groups is 1. The van der Waals surface area contributed by atoms with Crippen LogP contribution in [0.25, 0.3) is 11.0 Å². The van der Waals surface area contributed by atoms with Gasteiger partial charge in [-0.15, -0.1) is 0 Å². The molecule has 2 heterocycles. The van der Waals surface area contributed by atoms with E-state index in [1.54, 1.807) is 0 Å². The van der Waals surface area contributed by atoms with Crippen LogP contribution >= 0.6 is 0 Å². The first-order valence-electron chi connectivity index (χ1n) is 6.81. The van der Waals surface area contributed by atoms with Crippen LogP contribution in [0, 0.1) is 0 Å². The number of furan rings is 1. The van der Waals surface area contributed by atoms with Crippen molar-refractivity contribution in [2.75, 3.05) is 6.61 Å². The number of hydrogen-bond acceptors (Lipinski definition) is 4. The Balaban J connectivity index is 1.96. The van der Waals surface area contributed by atoms with Crippen LogP contribution in [0.2, 0.25) is 0 Å². The summed E-state index contributed by atoms with van der Waals surface area (Å²) < 4.78 is 11.9. The van der Waals surface area contributed by atoms with Crippen molar-refractivity contribution in [2.24, 2.45) is 5.84 Å². The summed E-state index contributed by atoms with van der Waals surface area (Å²) in [6.45, 7) is 2.89. The Bertz CT molecular complexity index is 525. The minimum atomic E-state index is -0.305. The highest BCUT2D eigenvalue weighted by Gasteiger charge is 2.39. The molecule has 4 nitrogen and oxygen atoms in total. The average Bonchev–Trinajstić information content (AvgIpc) is 2.83. The van der Waals surface area contributed by atoms with Crippen LogP contribution in [0.1, 0.15) is 38.0 Å². The summed E-state index contributed by atoms with van der Waals surface area (Å²) in [5.74, 6) is 6.59. The van der Waals surface area contributed by atoms with E-state index >= 15 is 0 Å². The lowest BCUT2D eigenvalue weighted by Crippen LogP contribution is -2.48. The van der Waals surface area contributed by atoms with Crippen LogP contribution in [0.15, 0.2) is 34.7 Å². The minimum Gasteiger partial charge on any atom is -0.459 e. The number of rotatable bonds is 3. The van der Waals surface area contributed by atoms with E-state index in [1.165, 1.54) is 0 Å². The Morgan fingerprint density at radius 2 is 2.16 bits per heavy atom. The van der Waals surface area contributed by atoms with Gasteiger partial charge in [0.25, 0.3) is 0 Å². The Morgan fingerprint density at radius 1 is 1.32 bits per heavy atom. The Hall–Kier alpha value is -1.36. The van der Waals surface area contributed by atoms with E-state index in [4.69, 9.17) is 15.0 Å². The van der Waals surface area contributed by atoms with Crippen molar-refractivity contribution >= 4 is 11.0 Å². The molecule has 4 heteroatoms. The third-order valence-electron chi connectivity index (χ3n) is 4.01. The van der Waals surface area contributed by atoms with Crippen molar-refractivity contribution in [3.05, 3.63) is 36.1 Å². The van der Waals surface area contributed by atoms with Gasteiger partial charge < -0.3 is 9.15 Å². The van der Waals surface area contributed by atoms with E-state index in [0.29, 0.717) is 0 Å². The van der Waals surface area contributed by atoms with E-state index in [9.17, 15) is 0 Å². The number of ether oxygens (including phenoxy) is 1. The predicted octanol–water partition coefficient (Wildman–Crippen LogP) is 2.90. The molecule has 1 aromatic carbocycles. The molecule has 0 bridgehead atoms. The first-order valence-corrected chi connectivity index (χ1v) is 6.81. The number of benzene rings is 1. The second-order valence-corrected chi connectivity index (χ2v) is 5.40. The summed E-state index contributed by atoms with van der Waals surface area (Å²) in [4.78, 5) is 0. The van der Waals surface area contributed by atoms with Crippen LogP contribution in [0.4, 0.5) is 0 Å². The normalized spacial score (nSPS) is 25.6. The average molecular weight is 260 g/mol. The summed E-state index contributed by atoms with van der Waals surface area (Å²) in [6.07, 6.45) is 3.26. The minimum absolute atomic E-state index is 0.125. The topological polar surface area (TPSA) is 60.4 Å². The molecule has 0 radical (unpaired) electrons. The smallest absolute Gasteiger partial charge is 0.134 e. The second kappa shape index (κ2) is 4.96. The second-order valence-electron chi connectivity index (χ2n) is 5.40. The molecule has 3 rings (SSSR count). The van der Waals surface area contributed by atoms with Gasteiger partial charge in [-0.1, -0.05) is 18.2 Å². The first kappa shape index (κ1) is 12.7. The predicted molar refractivity (Wildman–Crippen MR) is 74.5 cm³/mol. The van der Waals surface area contributed by atoms with Gasteiger partial charge in [0.1, 0.15) is 17.4 Å². The fraction of sp³-hybridized carbons (Fsp3) is 0.467. The zero-order valence-corrected chi connectivity index (χ0v) is 11.2. The fourth-order valence-corrected chi connectivity index (χ4v) is 2.89. The van der Waals surface area contributed by atoms with Gasteiger partial charge in [-0.3, -0.25) is 5.84 Å². The lowest BCUT2D eigenvalue weighted by atomic mass is 9.87. The molecule has 0 aliphatic carbocycles. The SMILES string of the molecule is CC1(C(NN)c2cc3ccccc3o2)CCCCO1. The maximum absolute atomic E-state index is 5.97. The number of fused-ring (bicyclic) bond motifs is 1. The van der Waals surface area contributed by atoms with Gasteiger partial charge in [-0.2, -0.15) is 0 Å². The maximum atomic E-state index is 5.97. The lowest BCUT2D eigenvalue weighted by molar-refractivity contribution is -0.0934. The highest BCUT2D eigenvalue weighted by atomic mass is 16.5. The van der Waals surface area contributed by atoms with E-state index in [0.717, 1.165) is 42.6 Å².